The van der Waals surface area contributed by atoms with Crippen molar-refractivity contribution in [3.63, 3.8) is 0 Å². The van der Waals surface area contributed by atoms with Crippen LogP contribution in [0.4, 0.5) is 0 Å². The fraction of sp³-hybridized carbons (Fsp3) is 0.364. The third kappa shape index (κ3) is 6.39. The van der Waals surface area contributed by atoms with Crippen LogP contribution < -0.4 is 9.47 Å². The summed E-state index contributed by atoms with van der Waals surface area (Å²) in [6.45, 7) is 1.97. The van der Waals surface area contributed by atoms with E-state index in [-0.39, 0.29) is 12.5 Å². The van der Waals surface area contributed by atoms with E-state index in [2.05, 4.69) is 5.16 Å². The summed E-state index contributed by atoms with van der Waals surface area (Å²) in [5.41, 5.74) is 1.79. The largest absolute Gasteiger partial charge is 0.493 e. The number of piperidine rings is 1. The second-order valence-corrected chi connectivity index (χ2v) is 7.21. The zero-order valence-corrected chi connectivity index (χ0v) is 17.2. The Balaban J connectivity index is 1.51. The van der Waals surface area contributed by atoms with Crippen LogP contribution in [-0.2, 0) is 16.2 Å². The number of benzene rings is 2. The van der Waals surface area contributed by atoms with E-state index in [9.17, 15) is 4.79 Å². The van der Waals surface area contributed by atoms with Gasteiger partial charge in [0.25, 0.3) is 5.91 Å². The molecule has 0 aromatic heterocycles. The molecule has 0 atom stereocenters. The smallest absolute Gasteiger partial charge is 0.263 e. The number of likely N-dealkylation sites (tertiary alicyclic amines) is 1. The Morgan fingerprint density at radius 3 is 2.59 bits per heavy atom. The number of ether oxygens (including phenoxy) is 2. The summed E-state index contributed by atoms with van der Waals surface area (Å²) in [7, 11) is 1.58. The van der Waals surface area contributed by atoms with E-state index < -0.39 is 0 Å². The number of halogens is 1. The first kappa shape index (κ1) is 21.0. The number of hydrogen-bond acceptors (Lipinski definition) is 5. The van der Waals surface area contributed by atoms with Crippen molar-refractivity contribution in [2.45, 2.75) is 25.9 Å². The van der Waals surface area contributed by atoms with Gasteiger partial charge in [-0.15, -0.1) is 0 Å². The van der Waals surface area contributed by atoms with Gasteiger partial charge in [-0.2, -0.15) is 0 Å². The van der Waals surface area contributed by atoms with Gasteiger partial charge < -0.3 is 19.2 Å². The molecule has 1 aliphatic rings. The van der Waals surface area contributed by atoms with Gasteiger partial charge >= 0.3 is 0 Å². The Bertz CT molecular complexity index is 833. The molecule has 1 fully saturated rings. The lowest BCUT2D eigenvalue weighted by Gasteiger charge is -2.25. The van der Waals surface area contributed by atoms with E-state index in [1.165, 1.54) is 6.42 Å². The Morgan fingerprint density at radius 1 is 1.10 bits per heavy atom. The van der Waals surface area contributed by atoms with Gasteiger partial charge in [-0.3, -0.25) is 4.79 Å². The van der Waals surface area contributed by atoms with Gasteiger partial charge in [0.2, 0.25) is 0 Å². The van der Waals surface area contributed by atoms with Gasteiger partial charge in [-0.25, -0.2) is 0 Å². The summed E-state index contributed by atoms with van der Waals surface area (Å²) < 4.78 is 11.2. The number of amides is 1. The van der Waals surface area contributed by atoms with Crippen LogP contribution in [0.25, 0.3) is 0 Å². The maximum atomic E-state index is 12.0. The molecule has 2 aromatic carbocycles. The van der Waals surface area contributed by atoms with Crippen molar-refractivity contribution < 1.29 is 19.1 Å². The van der Waals surface area contributed by atoms with Crippen LogP contribution in [0, 0.1) is 0 Å². The molecule has 1 saturated heterocycles. The first-order valence-electron chi connectivity index (χ1n) is 9.64. The van der Waals surface area contributed by atoms with E-state index in [4.69, 9.17) is 25.9 Å². The number of methoxy groups -OCH3 is 1. The molecule has 1 heterocycles. The molecule has 6 nitrogen and oxygen atoms in total. The predicted octanol–water partition coefficient (Wildman–Crippen LogP) is 4.29. The van der Waals surface area contributed by atoms with Crippen molar-refractivity contribution in [3.05, 3.63) is 58.6 Å². The lowest BCUT2D eigenvalue weighted by molar-refractivity contribution is -0.136. The first-order valence-corrected chi connectivity index (χ1v) is 10.0. The quantitative estimate of drug-likeness (QED) is 0.475. The molecule has 0 aliphatic carbocycles. The van der Waals surface area contributed by atoms with E-state index in [0.717, 1.165) is 37.1 Å². The molecule has 7 heteroatoms. The second-order valence-electron chi connectivity index (χ2n) is 6.77. The van der Waals surface area contributed by atoms with Crippen LogP contribution in [0.5, 0.6) is 11.5 Å². The lowest BCUT2D eigenvalue weighted by Crippen LogP contribution is -2.37. The van der Waals surface area contributed by atoms with Gasteiger partial charge in [0.15, 0.2) is 18.1 Å². The normalized spacial score (nSPS) is 14.1. The minimum atomic E-state index is -0.0457. The molecule has 0 unspecified atom stereocenters. The fourth-order valence-electron chi connectivity index (χ4n) is 3.05. The fourth-order valence-corrected chi connectivity index (χ4v) is 3.18. The molecule has 0 saturated carbocycles. The van der Waals surface area contributed by atoms with Crippen molar-refractivity contribution in [2.24, 2.45) is 5.16 Å². The summed E-state index contributed by atoms with van der Waals surface area (Å²) in [5.74, 6) is 1.19. The van der Waals surface area contributed by atoms with Crippen LogP contribution in [0.15, 0.2) is 47.6 Å². The maximum Gasteiger partial charge on any atom is 0.263 e. The van der Waals surface area contributed by atoms with Gasteiger partial charge in [0.1, 0.15) is 6.61 Å². The van der Waals surface area contributed by atoms with Gasteiger partial charge in [0.05, 0.1) is 13.3 Å². The summed E-state index contributed by atoms with van der Waals surface area (Å²) in [5, 5.41) is 4.59. The van der Waals surface area contributed by atoms with Crippen molar-refractivity contribution >= 4 is 23.7 Å². The average molecular weight is 417 g/mol. The van der Waals surface area contributed by atoms with Crippen molar-refractivity contribution in [1.82, 2.24) is 4.90 Å². The van der Waals surface area contributed by atoms with Gasteiger partial charge in [0, 0.05) is 23.7 Å². The lowest BCUT2D eigenvalue weighted by atomic mass is 10.1. The van der Waals surface area contributed by atoms with Crippen LogP contribution in [-0.4, -0.2) is 43.8 Å². The number of carbonyl (C=O) groups excluding carboxylic acids is 1. The Hall–Kier alpha value is -2.73. The van der Waals surface area contributed by atoms with Crippen molar-refractivity contribution in [3.8, 4) is 11.5 Å². The van der Waals surface area contributed by atoms with E-state index in [1.54, 1.807) is 19.4 Å². The molecule has 1 aliphatic heterocycles. The van der Waals surface area contributed by atoms with Gasteiger partial charge in [-0.05, 0) is 55.2 Å². The van der Waals surface area contributed by atoms with Crippen molar-refractivity contribution in [1.29, 1.82) is 0 Å². The molecule has 0 radical (unpaired) electrons. The molecule has 3 rings (SSSR count). The minimum absolute atomic E-state index is 0.0228. The minimum Gasteiger partial charge on any atom is -0.493 e. The molecule has 29 heavy (non-hydrogen) atoms. The summed E-state index contributed by atoms with van der Waals surface area (Å²) in [4.78, 5) is 19.0. The Kier molecular flexibility index (Phi) is 7.76. The highest BCUT2D eigenvalue weighted by Gasteiger charge is 2.16. The average Bonchev–Trinajstić information content (AvgIpc) is 2.77. The molecular formula is C22H25ClN2O4. The van der Waals surface area contributed by atoms with E-state index in [0.29, 0.717) is 23.1 Å². The van der Waals surface area contributed by atoms with Crippen LogP contribution in [0.3, 0.4) is 0 Å². The predicted molar refractivity (Wildman–Crippen MR) is 113 cm³/mol. The first-order chi connectivity index (χ1) is 14.2. The van der Waals surface area contributed by atoms with Crippen LogP contribution >= 0.6 is 11.6 Å². The molecule has 1 amide bonds. The second kappa shape index (κ2) is 10.7. The molecule has 2 aromatic rings. The number of nitrogens with zero attached hydrogens (tertiary/aromatic N) is 2. The number of carbonyl (C=O) groups is 1. The third-order valence-corrected chi connectivity index (χ3v) is 4.92. The number of hydrogen-bond donors (Lipinski definition) is 0. The SMILES string of the molecule is COc1cc(/C=N/OCC(=O)N2CCCCC2)ccc1OCc1ccc(Cl)cc1. The topological polar surface area (TPSA) is 60.4 Å². The number of oxime groups is 1. The monoisotopic (exact) mass is 416 g/mol. The molecule has 0 spiro atoms. The molecule has 0 bridgehead atoms. The molecule has 0 N–H and O–H groups in total. The van der Waals surface area contributed by atoms with Gasteiger partial charge in [-0.1, -0.05) is 28.9 Å². The maximum absolute atomic E-state index is 12.0. The molecule has 154 valence electrons. The zero-order valence-electron chi connectivity index (χ0n) is 16.5. The standard InChI is InChI=1S/C22H25ClN2O4/c1-27-21-13-18(14-24-29-16-22(26)25-11-3-2-4-12-25)7-10-20(21)28-15-17-5-8-19(23)9-6-17/h5-10,13-14H,2-4,11-12,15-16H2,1H3/b24-14+. The van der Waals surface area contributed by atoms with Crippen molar-refractivity contribution in [2.75, 3.05) is 26.8 Å². The Morgan fingerprint density at radius 2 is 1.86 bits per heavy atom. The van der Waals surface area contributed by atoms with E-state index >= 15 is 0 Å². The number of rotatable bonds is 8. The Labute approximate surface area is 176 Å². The molecular weight excluding hydrogens is 392 g/mol. The highest BCUT2D eigenvalue weighted by atomic mass is 35.5. The van der Waals surface area contributed by atoms with Crippen LogP contribution in [0.1, 0.15) is 30.4 Å². The summed E-state index contributed by atoms with van der Waals surface area (Å²) in [6.07, 6.45) is 4.85. The van der Waals surface area contributed by atoms with Crippen LogP contribution in [0.2, 0.25) is 5.02 Å². The third-order valence-electron chi connectivity index (χ3n) is 4.67. The summed E-state index contributed by atoms with van der Waals surface area (Å²) in [6, 6.07) is 12.9. The highest BCUT2D eigenvalue weighted by Crippen LogP contribution is 2.28. The van der Waals surface area contributed by atoms with E-state index in [1.807, 2.05) is 41.3 Å². The highest BCUT2D eigenvalue weighted by molar-refractivity contribution is 6.30. The summed E-state index contributed by atoms with van der Waals surface area (Å²) >= 11 is 5.90. The zero-order chi connectivity index (χ0) is 20.5.